The average molecular weight is 268 g/mol. The zero-order valence-electron chi connectivity index (χ0n) is 11.5. The lowest BCUT2D eigenvalue weighted by Crippen LogP contribution is -2.43. The minimum absolute atomic E-state index is 0.634. The van der Waals surface area contributed by atoms with E-state index in [1.807, 2.05) is 30.6 Å². The van der Waals surface area contributed by atoms with E-state index in [1.54, 1.807) is 6.20 Å². The van der Waals surface area contributed by atoms with Gasteiger partial charge in [0.25, 0.3) is 0 Å². The van der Waals surface area contributed by atoms with Crippen LogP contribution in [-0.4, -0.2) is 27.3 Å². The van der Waals surface area contributed by atoms with Crippen molar-refractivity contribution in [2.75, 3.05) is 12.8 Å². The Morgan fingerprint density at radius 2 is 2.15 bits per heavy atom. The zero-order valence-corrected chi connectivity index (χ0v) is 11.5. The number of imidazole rings is 1. The van der Waals surface area contributed by atoms with Crippen molar-refractivity contribution in [3.63, 3.8) is 0 Å². The largest absolute Gasteiger partial charge is 0.398 e. The van der Waals surface area contributed by atoms with Crippen molar-refractivity contribution in [2.24, 2.45) is 4.99 Å². The number of H-pyrrole nitrogens is 1. The number of hydrogen-bond donors (Lipinski definition) is 2. The third kappa shape index (κ3) is 2.35. The van der Waals surface area contributed by atoms with Gasteiger partial charge in [-0.3, -0.25) is 0 Å². The first-order chi connectivity index (χ1) is 9.67. The van der Waals surface area contributed by atoms with Crippen LogP contribution in [0, 0.1) is 0 Å². The number of rotatable bonds is 4. The predicted octanol–water partition coefficient (Wildman–Crippen LogP) is 2.06. The summed E-state index contributed by atoms with van der Waals surface area (Å²) in [7, 11) is 2.14. The van der Waals surface area contributed by atoms with Crippen LogP contribution < -0.4 is 5.73 Å². The molecule has 1 aliphatic heterocycles. The molecule has 1 aromatic carbocycles. The van der Waals surface area contributed by atoms with Gasteiger partial charge >= 0.3 is 0 Å². The minimum Gasteiger partial charge on any atom is -0.398 e. The number of nitrogen functional groups attached to an aromatic ring is 1. The van der Waals surface area contributed by atoms with Crippen LogP contribution in [0.1, 0.15) is 11.4 Å². The second kappa shape index (κ2) is 4.94. The van der Waals surface area contributed by atoms with E-state index < -0.39 is 0 Å². The molecule has 1 aromatic heterocycles. The van der Waals surface area contributed by atoms with Crippen LogP contribution in [0.4, 0.5) is 5.69 Å². The number of amidine groups is 1. The second-order valence-corrected chi connectivity index (χ2v) is 5.18. The average Bonchev–Trinajstić information content (AvgIpc) is 3.05. The summed E-state index contributed by atoms with van der Waals surface area (Å²) >= 11 is 0. The quantitative estimate of drug-likeness (QED) is 0.658. The molecule has 0 bridgehead atoms. The van der Waals surface area contributed by atoms with E-state index in [-0.39, 0.29) is 0 Å². The number of benzene rings is 1. The SMILES string of the molecule is C[N+]1(Cc2ccccc2N)C=CN=C1Cc1ncc[nH]1. The van der Waals surface area contributed by atoms with Gasteiger partial charge in [0.2, 0.25) is 5.84 Å². The summed E-state index contributed by atoms with van der Waals surface area (Å²) in [5, 5.41) is 0. The molecule has 0 amide bonds. The van der Waals surface area contributed by atoms with Crippen molar-refractivity contribution < 1.29 is 4.48 Å². The molecule has 2 aromatic rings. The fourth-order valence-electron chi connectivity index (χ4n) is 2.43. The Bertz CT molecular complexity index is 657. The molecular weight excluding hydrogens is 250 g/mol. The van der Waals surface area contributed by atoms with Gasteiger partial charge in [0.1, 0.15) is 25.0 Å². The lowest BCUT2D eigenvalue weighted by atomic mass is 10.1. The Labute approximate surface area is 118 Å². The standard InChI is InChI=1S/C15H18N5/c1-20(11-12-4-2-3-5-13(12)16)9-8-19-15(20)10-14-17-6-7-18-14/h2-9H,10-11,16H2,1H3,(H,17,18)/q+1. The van der Waals surface area contributed by atoms with Crippen molar-refractivity contribution in [3.05, 3.63) is 60.4 Å². The number of anilines is 1. The molecule has 0 radical (unpaired) electrons. The molecule has 5 heteroatoms. The maximum absolute atomic E-state index is 6.05. The smallest absolute Gasteiger partial charge is 0.215 e. The highest BCUT2D eigenvalue weighted by Gasteiger charge is 2.32. The molecule has 102 valence electrons. The lowest BCUT2D eigenvalue weighted by Gasteiger charge is -2.28. The molecule has 2 heterocycles. The van der Waals surface area contributed by atoms with E-state index in [2.05, 4.69) is 34.3 Å². The van der Waals surface area contributed by atoms with Gasteiger partial charge < -0.3 is 10.7 Å². The Balaban J connectivity index is 1.82. The van der Waals surface area contributed by atoms with Crippen LogP contribution >= 0.6 is 0 Å². The van der Waals surface area contributed by atoms with Gasteiger partial charge in [0, 0.05) is 23.6 Å². The summed E-state index contributed by atoms with van der Waals surface area (Å²) in [5.41, 5.74) is 8.00. The highest BCUT2D eigenvalue weighted by atomic mass is 15.4. The molecule has 1 atom stereocenters. The number of aromatic amines is 1. The van der Waals surface area contributed by atoms with Crippen molar-refractivity contribution in [3.8, 4) is 0 Å². The molecule has 0 fully saturated rings. The van der Waals surface area contributed by atoms with E-state index in [0.29, 0.717) is 10.9 Å². The van der Waals surface area contributed by atoms with Gasteiger partial charge in [-0.05, 0) is 6.07 Å². The molecule has 1 aliphatic rings. The van der Waals surface area contributed by atoms with Gasteiger partial charge in [-0.2, -0.15) is 0 Å². The van der Waals surface area contributed by atoms with E-state index in [0.717, 1.165) is 29.5 Å². The van der Waals surface area contributed by atoms with Crippen LogP contribution in [0.2, 0.25) is 0 Å². The summed E-state index contributed by atoms with van der Waals surface area (Å²) < 4.78 is 0.634. The van der Waals surface area contributed by atoms with Gasteiger partial charge in [0.05, 0.1) is 13.2 Å². The van der Waals surface area contributed by atoms with Crippen LogP contribution in [0.3, 0.4) is 0 Å². The van der Waals surface area contributed by atoms with Crippen LogP contribution in [-0.2, 0) is 13.0 Å². The Morgan fingerprint density at radius 1 is 1.30 bits per heavy atom. The first-order valence-electron chi connectivity index (χ1n) is 6.59. The third-order valence-corrected chi connectivity index (χ3v) is 3.64. The summed E-state index contributed by atoms with van der Waals surface area (Å²) in [4.78, 5) is 11.9. The van der Waals surface area contributed by atoms with Crippen LogP contribution in [0.15, 0.2) is 54.1 Å². The predicted molar refractivity (Wildman–Crippen MR) is 79.6 cm³/mol. The van der Waals surface area contributed by atoms with Crippen LogP contribution in [0.25, 0.3) is 0 Å². The van der Waals surface area contributed by atoms with E-state index in [4.69, 9.17) is 5.73 Å². The summed E-state index contributed by atoms with van der Waals surface area (Å²) in [6.07, 6.45) is 8.25. The van der Waals surface area contributed by atoms with Crippen molar-refractivity contribution in [2.45, 2.75) is 13.0 Å². The number of aliphatic imine (C=N–C) groups is 1. The lowest BCUT2D eigenvalue weighted by molar-refractivity contribution is -0.779. The van der Waals surface area contributed by atoms with E-state index in [1.165, 1.54) is 0 Å². The van der Waals surface area contributed by atoms with Crippen molar-refractivity contribution in [1.29, 1.82) is 0 Å². The van der Waals surface area contributed by atoms with Gasteiger partial charge in [-0.15, -0.1) is 0 Å². The van der Waals surface area contributed by atoms with E-state index >= 15 is 0 Å². The monoisotopic (exact) mass is 268 g/mol. The van der Waals surface area contributed by atoms with E-state index in [9.17, 15) is 0 Å². The fraction of sp³-hybridized carbons (Fsp3) is 0.200. The van der Waals surface area contributed by atoms with Crippen molar-refractivity contribution in [1.82, 2.24) is 9.97 Å². The van der Waals surface area contributed by atoms with Gasteiger partial charge in [-0.25, -0.2) is 14.5 Å². The number of aromatic nitrogens is 2. The molecule has 20 heavy (non-hydrogen) atoms. The number of nitrogens with zero attached hydrogens (tertiary/aromatic N) is 3. The zero-order chi connectivity index (χ0) is 14.0. The molecular formula is C15H18N5+. The summed E-state index contributed by atoms with van der Waals surface area (Å²) in [6.45, 7) is 0.794. The molecule has 1 unspecified atom stereocenters. The topological polar surface area (TPSA) is 67.1 Å². The summed E-state index contributed by atoms with van der Waals surface area (Å²) in [6, 6.07) is 7.97. The fourth-order valence-corrected chi connectivity index (χ4v) is 2.43. The first-order valence-corrected chi connectivity index (χ1v) is 6.59. The number of likely N-dealkylation sites (N-methyl/N-ethyl adjacent to an activating group) is 1. The molecule has 0 saturated heterocycles. The number of quaternary nitrogens is 1. The Hall–Kier alpha value is -2.40. The Morgan fingerprint density at radius 3 is 2.90 bits per heavy atom. The summed E-state index contributed by atoms with van der Waals surface area (Å²) in [5.74, 6) is 1.99. The molecule has 0 saturated carbocycles. The second-order valence-electron chi connectivity index (χ2n) is 5.18. The minimum atomic E-state index is 0.634. The number of nitrogens with two attached hydrogens (primary N) is 1. The highest BCUT2D eigenvalue weighted by Crippen LogP contribution is 2.23. The maximum Gasteiger partial charge on any atom is 0.215 e. The number of hydrogen-bond acceptors (Lipinski definition) is 3. The third-order valence-electron chi connectivity index (χ3n) is 3.64. The maximum atomic E-state index is 6.05. The molecule has 0 spiro atoms. The molecule has 3 rings (SSSR count). The number of para-hydroxylation sites is 1. The molecule has 3 N–H and O–H groups in total. The first kappa shape index (κ1) is 12.6. The molecule has 5 nitrogen and oxygen atoms in total. The molecule has 0 aliphatic carbocycles. The van der Waals surface area contributed by atoms with Gasteiger partial charge in [-0.1, -0.05) is 18.2 Å². The Kier molecular flexibility index (Phi) is 3.12. The van der Waals surface area contributed by atoms with Crippen LogP contribution in [0.5, 0.6) is 0 Å². The van der Waals surface area contributed by atoms with Crippen molar-refractivity contribution >= 4 is 11.5 Å². The number of nitrogens with one attached hydrogen (secondary N) is 1. The normalized spacial score (nSPS) is 21.1. The van der Waals surface area contributed by atoms with Gasteiger partial charge in [0.15, 0.2) is 0 Å². The highest BCUT2D eigenvalue weighted by molar-refractivity contribution is 5.80.